The lowest BCUT2D eigenvalue weighted by atomic mass is 10.1. The molecule has 44 heavy (non-hydrogen) atoms. The van der Waals surface area contributed by atoms with Crippen LogP contribution in [0, 0.1) is 0 Å². The van der Waals surface area contributed by atoms with Gasteiger partial charge in [-0.25, -0.2) is 8.42 Å². The summed E-state index contributed by atoms with van der Waals surface area (Å²) in [5.41, 5.74) is 0.750. The number of nitrogens with zero attached hydrogens (tertiary/aromatic N) is 2. The first-order valence-electron chi connectivity index (χ1n) is 13.8. The maximum Gasteiger partial charge on any atom is 0.265 e. The van der Waals surface area contributed by atoms with Gasteiger partial charge in [0, 0.05) is 24.2 Å². The van der Waals surface area contributed by atoms with E-state index in [9.17, 15) is 18.0 Å². The van der Waals surface area contributed by atoms with E-state index in [1.807, 2.05) is 6.92 Å². The van der Waals surface area contributed by atoms with Crippen molar-refractivity contribution in [2.75, 3.05) is 45.8 Å². The summed E-state index contributed by atoms with van der Waals surface area (Å²) >= 11 is 6.30. The summed E-state index contributed by atoms with van der Waals surface area (Å²) in [6, 6.07) is 14.7. The van der Waals surface area contributed by atoms with E-state index in [2.05, 4.69) is 5.32 Å². The second-order valence-electron chi connectivity index (χ2n) is 9.68. The van der Waals surface area contributed by atoms with Crippen molar-refractivity contribution in [3.63, 3.8) is 0 Å². The minimum Gasteiger partial charge on any atom is -0.497 e. The molecule has 13 heteroatoms. The Morgan fingerprint density at radius 2 is 1.50 bits per heavy atom. The molecule has 0 aliphatic carbocycles. The van der Waals surface area contributed by atoms with Crippen LogP contribution in [0.2, 0.25) is 5.02 Å². The van der Waals surface area contributed by atoms with Crippen LogP contribution in [0.4, 0.5) is 5.69 Å². The molecule has 3 rings (SSSR count). The number of benzene rings is 3. The van der Waals surface area contributed by atoms with Gasteiger partial charge < -0.3 is 29.2 Å². The van der Waals surface area contributed by atoms with Gasteiger partial charge in [0.15, 0.2) is 11.5 Å². The molecule has 0 bridgehead atoms. The van der Waals surface area contributed by atoms with Crippen molar-refractivity contribution >= 4 is 39.1 Å². The summed E-state index contributed by atoms with van der Waals surface area (Å²) in [7, 11) is 1.31. The van der Waals surface area contributed by atoms with Gasteiger partial charge in [-0.05, 0) is 61.4 Å². The number of amides is 2. The van der Waals surface area contributed by atoms with Crippen LogP contribution in [0.5, 0.6) is 23.0 Å². The number of halogens is 1. The first kappa shape index (κ1) is 34.3. The summed E-state index contributed by atoms with van der Waals surface area (Å²) in [6.45, 7) is 3.29. The van der Waals surface area contributed by atoms with E-state index in [1.165, 1.54) is 56.6 Å². The lowest BCUT2D eigenvalue weighted by molar-refractivity contribution is -0.139. The Balaban J connectivity index is 2.13. The highest BCUT2D eigenvalue weighted by atomic mass is 35.5. The van der Waals surface area contributed by atoms with Gasteiger partial charge in [-0.3, -0.25) is 13.9 Å². The van der Waals surface area contributed by atoms with Crippen LogP contribution in [0.1, 0.15) is 25.8 Å². The highest BCUT2D eigenvalue weighted by molar-refractivity contribution is 7.92. The Bertz CT molecular complexity index is 1550. The predicted octanol–water partition coefficient (Wildman–Crippen LogP) is 4.51. The zero-order valence-corrected chi connectivity index (χ0v) is 27.2. The van der Waals surface area contributed by atoms with Crippen molar-refractivity contribution in [3.8, 4) is 23.0 Å². The minimum atomic E-state index is -4.44. The number of ether oxygens (including phenoxy) is 4. The highest BCUT2D eigenvalue weighted by Gasteiger charge is 2.34. The van der Waals surface area contributed by atoms with E-state index in [0.29, 0.717) is 30.0 Å². The molecule has 3 aromatic rings. The topological polar surface area (TPSA) is 124 Å². The third-order valence-corrected chi connectivity index (χ3v) is 8.85. The molecule has 0 saturated heterocycles. The number of carbonyl (C=O) groups excluding carboxylic acids is 2. The van der Waals surface area contributed by atoms with Crippen molar-refractivity contribution in [1.82, 2.24) is 10.2 Å². The number of carbonyl (C=O) groups is 2. The van der Waals surface area contributed by atoms with Gasteiger partial charge in [-0.1, -0.05) is 30.7 Å². The number of sulfonamides is 1. The lowest BCUT2D eigenvalue weighted by Crippen LogP contribution is -2.51. The van der Waals surface area contributed by atoms with Gasteiger partial charge in [-0.2, -0.15) is 0 Å². The zero-order chi connectivity index (χ0) is 32.4. The van der Waals surface area contributed by atoms with E-state index < -0.39 is 28.5 Å². The van der Waals surface area contributed by atoms with Gasteiger partial charge in [-0.15, -0.1) is 0 Å². The van der Waals surface area contributed by atoms with E-state index in [4.69, 9.17) is 30.5 Å². The zero-order valence-electron chi connectivity index (χ0n) is 25.6. The molecule has 11 nitrogen and oxygen atoms in total. The standard InChI is InChI=1S/C31H38ClN3O8S/c1-7-16-33-31(37)21(2)34(19-22-8-11-24(40-3)12-9-22)30(36)20-35(26-17-23(32)10-14-27(26)41-4)44(38,39)25-13-15-28(42-5)29(18-25)43-6/h8-15,17-18,21H,7,16,19-20H2,1-6H3,(H,33,37)/t21-/m1/s1. The molecule has 238 valence electrons. The normalized spacial score (nSPS) is 11.7. The molecule has 0 spiro atoms. The van der Waals surface area contributed by atoms with Crippen molar-refractivity contribution in [1.29, 1.82) is 0 Å². The molecule has 0 fully saturated rings. The Labute approximate surface area is 263 Å². The second-order valence-corrected chi connectivity index (χ2v) is 12.0. The van der Waals surface area contributed by atoms with Crippen molar-refractivity contribution in [2.24, 2.45) is 0 Å². The third kappa shape index (κ3) is 8.06. The fourth-order valence-corrected chi connectivity index (χ4v) is 5.98. The van der Waals surface area contributed by atoms with Crippen LogP contribution in [0.25, 0.3) is 0 Å². The molecule has 0 aliphatic heterocycles. The van der Waals surface area contributed by atoms with Crippen LogP contribution in [-0.2, 0) is 26.2 Å². The van der Waals surface area contributed by atoms with Crippen molar-refractivity contribution < 1.29 is 37.0 Å². The first-order chi connectivity index (χ1) is 21.0. The minimum absolute atomic E-state index is 0.0282. The number of rotatable bonds is 15. The first-order valence-corrected chi connectivity index (χ1v) is 15.6. The summed E-state index contributed by atoms with van der Waals surface area (Å²) in [5, 5.41) is 3.04. The molecule has 2 amide bonds. The van der Waals surface area contributed by atoms with Crippen LogP contribution in [-0.4, -0.2) is 72.7 Å². The van der Waals surface area contributed by atoms with Gasteiger partial charge >= 0.3 is 0 Å². The number of anilines is 1. The molecular weight excluding hydrogens is 610 g/mol. The lowest BCUT2D eigenvalue weighted by Gasteiger charge is -2.32. The Morgan fingerprint density at radius 1 is 0.864 bits per heavy atom. The number of hydrogen-bond acceptors (Lipinski definition) is 8. The third-order valence-electron chi connectivity index (χ3n) is 6.86. The van der Waals surface area contributed by atoms with Crippen LogP contribution in [0.15, 0.2) is 65.6 Å². The summed E-state index contributed by atoms with van der Waals surface area (Å²) in [5.74, 6) is 0.295. The number of hydrogen-bond donors (Lipinski definition) is 1. The molecule has 3 aromatic carbocycles. The largest absolute Gasteiger partial charge is 0.497 e. The molecule has 0 unspecified atom stereocenters. The maximum absolute atomic E-state index is 14.3. The summed E-state index contributed by atoms with van der Waals surface area (Å²) in [6.07, 6.45) is 0.705. The maximum atomic E-state index is 14.3. The summed E-state index contributed by atoms with van der Waals surface area (Å²) < 4.78 is 50.8. The molecule has 0 radical (unpaired) electrons. The van der Waals surface area contributed by atoms with Crippen LogP contribution >= 0.6 is 11.6 Å². The molecule has 1 N–H and O–H groups in total. The average Bonchev–Trinajstić information content (AvgIpc) is 3.04. The Morgan fingerprint density at radius 3 is 2.09 bits per heavy atom. The molecule has 0 aromatic heterocycles. The van der Waals surface area contributed by atoms with Crippen LogP contribution in [0.3, 0.4) is 0 Å². The van der Waals surface area contributed by atoms with E-state index in [-0.39, 0.29) is 39.6 Å². The van der Waals surface area contributed by atoms with E-state index in [0.717, 1.165) is 4.31 Å². The monoisotopic (exact) mass is 647 g/mol. The number of methoxy groups -OCH3 is 4. The second kappa shape index (κ2) is 15.5. The summed E-state index contributed by atoms with van der Waals surface area (Å²) in [4.78, 5) is 28.4. The van der Waals surface area contributed by atoms with Gasteiger partial charge in [0.2, 0.25) is 11.8 Å². The Hall–Kier alpha value is -4.16. The smallest absolute Gasteiger partial charge is 0.265 e. The van der Waals surface area contributed by atoms with Crippen molar-refractivity contribution in [3.05, 3.63) is 71.2 Å². The quantitative estimate of drug-likeness (QED) is 0.256. The predicted molar refractivity (Wildman–Crippen MR) is 168 cm³/mol. The molecular formula is C31H38ClN3O8S. The fraction of sp³-hybridized carbons (Fsp3) is 0.355. The molecule has 1 atom stereocenters. The molecule has 0 aliphatic rings. The average molecular weight is 648 g/mol. The van der Waals surface area contributed by atoms with Gasteiger partial charge in [0.1, 0.15) is 24.1 Å². The molecule has 0 heterocycles. The van der Waals surface area contributed by atoms with E-state index in [1.54, 1.807) is 44.4 Å². The van der Waals surface area contributed by atoms with Crippen molar-refractivity contribution in [2.45, 2.75) is 37.8 Å². The van der Waals surface area contributed by atoms with Gasteiger partial charge in [0.05, 0.1) is 39.0 Å². The fourth-order valence-electron chi connectivity index (χ4n) is 4.38. The van der Waals surface area contributed by atoms with Gasteiger partial charge in [0.25, 0.3) is 10.0 Å². The number of nitrogens with one attached hydrogen (secondary N) is 1. The molecule has 0 saturated carbocycles. The van der Waals surface area contributed by atoms with Crippen LogP contribution < -0.4 is 28.6 Å². The Kier molecular flexibility index (Phi) is 12.1. The highest BCUT2D eigenvalue weighted by Crippen LogP contribution is 2.37. The SMILES string of the molecule is CCCNC(=O)[C@@H](C)N(Cc1ccc(OC)cc1)C(=O)CN(c1cc(Cl)ccc1OC)S(=O)(=O)c1ccc(OC)c(OC)c1. The van der Waals surface area contributed by atoms with E-state index >= 15 is 0 Å².